The zero-order valence-electron chi connectivity index (χ0n) is 19.8. The monoisotopic (exact) mass is 470 g/mol. The van der Waals surface area contributed by atoms with Crippen LogP contribution in [-0.4, -0.2) is 10.7 Å². The van der Waals surface area contributed by atoms with Crippen LogP contribution in [0.2, 0.25) is 0 Å². The summed E-state index contributed by atoms with van der Waals surface area (Å²) in [5, 5.41) is 0. The van der Waals surface area contributed by atoms with E-state index in [-0.39, 0.29) is 0 Å². The fraction of sp³-hybridized carbons (Fsp3) is 0.0625. The Morgan fingerprint density at radius 1 is 0.528 bits per heavy atom. The molecule has 0 unspecified atom stereocenters. The lowest BCUT2D eigenvalue weighted by Gasteiger charge is -2.13. The van der Waals surface area contributed by atoms with Crippen molar-refractivity contribution in [2.24, 2.45) is 4.99 Å². The van der Waals surface area contributed by atoms with Crippen LogP contribution in [-0.2, 0) is 13.2 Å². The predicted octanol–water partition coefficient (Wildman–Crippen LogP) is 7.41. The van der Waals surface area contributed by atoms with Crippen LogP contribution in [0.25, 0.3) is 0 Å². The van der Waals surface area contributed by atoms with Gasteiger partial charge in [0.25, 0.3) is 0 Å². The van der Waals surface area contributed by atoms with E-state index in [9.17, 15) is 0 Å². The maximum atomic E-state index is 6.19. The van der Waals surface area contributed by atoms with Crippen molar-refractivity contribution in [1.82, 2.24) is 4.98 Å². The van der Waals surface area contributed by atoms with Gasteiger partial charge in [-0.1, -0.05) is 121 Å². The standard InChI is InChI=1S/C32H26N2O2/c1-5-13-25(14-6-1)23-35-30-22-21-29(32(34-30)36-24-26-15-7-2-8-16-26)33-31(27-17-9-3-10-18-27)28-19-11-4-12-20-28/h1-22H,23-24H2. The van der Waals surface area contributed by atoms with Gasteiger partial charge in [-0.05, 0) is 17.2 Å². The van der Waals surface area contributed by atoms with E-state index in [4.69, 9.17) is 19.5 Å². The van der Waals surface area contributed by atoms with Crippen LogP contribution in [0.1, 0.15) is 22.3 Å². The number of pyridine rings is 1. The lowest BCUT2D eigenvalue weighted by atomic mass is 10.0. The zero-order valence-corrected chi connectivity index (χ0v) is 19.8. The molecule has 0 amide bonds. The third-order valence-electron chi connectivity index (χ3n) is 5.59. The number of rotatable bonds is 9. The first kappa shape index (κ1) is 23.1. The normalized spacial score (nSPS) is 10.4. The first-order valence-corrected chi connectivity index (χ1v) is 11.9. The van der Waals surface area contributed by atoms with Crippen molar-refractivity contribution >= 4 is 11.4 Å². The van der Waals surface area contributed by atoms with Crippen LogP contribution in [0.5, 0.6) is 11.8 Å². The molecule has 0 saturated heterocycles. The molecule has 0 N–H and O–H groups in total. The number of hydrogen-bond donors (Lipinski definition) is 0. The topological polar surface area (TPSA) is 43.7 Å². The van der Waals surface area contributed by atoms with Crippen LogP contribution >= 0.6 is 0 Å². The van der Waals surface area contributed by atoms with Gasteiger partial charge in [-0.25, -0.2) is 4.99 Å². The third kappa shape index (κ3) is 6.05. The molecule has 5 rings (SSSR count). The second-order valence-electron chi connectivity index (χ2n) is 8.21. The van der Waals surface area contributed by atoms with Gasteiger partial charge in [-0.15, -0.1) is 0 Å². The summed E-state index contributed by atoms with van der Waals surface area (Å²) < 4.78 is 12.2. The fourth-order valence-corrected chi connectivity index (χ4v) is 3.75. The van der Waals surface area contributed by atoms with Crippen LogP contribution in [0, 0.1) is 0 Å². The molecular formula is C32H26N2O2. The molecule has 5 aromatic rings. The van der Waals surface area contributed by atoms with Crippen LogP contribution in [0.15, 0.2) is 138 Å². The van der Waals surface area contributed by atoms with Gasteiger partial charge in [0.1, 0.15) is 18.9 Å². The first-order chi connectivity index (χ1) is 17.8. The summed E-state index contributed by atoms with van der Waals surface area (Å²) in [5.74, 6) is 0.913. The highest BCUT2D eigenvalue weighted by Gasteiger charge is 2.13. The summed E-state index contributed by atoms with van der Waals surface area (Å²) in [4.78, 5) is 9.74. The van der Waals surface area contributed by atoms with Gasteiger partial charge in [0.15, 0.2) is 0 Å². The van der Waals surface area contributed by atoms with Crippen LogP contribution < -0.4 is 9.47 Å². The number of nitrogens with zero attached hydrogens (tertiary/aromatic N) is 2. The molecule has 1 heterocycles. The summed E-state index contributed by atoms with van der Waals surface area (Å²) in [6.07, 6.45) is 0. The van der Waals surface area contributed by atoms with E-state index in [1.54, 1.807) is 0 Å². The molecule has 0 spiro atoms. The average Bonchev–Trinajstić information content (AvgIpc) is 2.96. The number of benzene rings is 4. The molecule has 0 fully saturated rings. The summed E-state index contributed by atoms with van der Waals surface area (Å²) >= 11 is 0. The Labute approximate surface area is 211 Å². The van der Waals surface area contributed by atoms with E-state index >= 15 is 0 Å². The minimum atomic E-state index is 0.379. The largest absolute Gasteiger partial charge is 0.473 e. The summed E-state index contributed by atoms with van der Waals surface area (Å²) in [7, 11) is 0. The van der Waals surface area contributed by atoms with Gasteiger partial charge in [-0.3, -0.25) is 0 Å². The lowest BCUT2D eigenvalue weighted by molar-refractivity contribution is 0.268. The zero-order chi connectivity index (χ0) is 24.4. The van der Waals surface area contributed by atoms with E-state index in [0.717, 1.165) is 28.0 Å². The lowest BCUT2D eigenvalue weighted by Crippen LogP contribution is -2.04. The molecule has 0 saturated carbocycles. The molecule has 4 nitrogen and oxygen atoms in total. The van der Waals surface area contributed by atoms with Gasteiger partial charge >= 0.3 is 0 Å². The van der Waals surface area contributed by atoms with Gasteiger partial charge < -0.3 is 9.47 Å². The Morgan fingerprint density at radius 3 is 1.53 bits per heavy atom. The number of aromatic nitrogens is 1. The van der Waals surface area contributed by atoms with Gasteiger partial charge in [0, 0.05) is 17.2 Å². The van der Waals surface area contributed by atoms with Crippen molar-refractivity contribution in [2.75, 3.05) is 0 Å². The average molecular weight is 471 g/mol. The Balaban J connectivity index is 1.50. The second-order valence-corrected chi connectivity index (χ2v) is 8.21. The first-order valence-electron chi connectivity index (χ1n) is 11.9. The maximum Gasteiger partial charge on any atom is 0.243 e. The molecule has 1 aromatic heterocycles. The predicted molar refractivity (Wildman–Crippen MR) is 144 cm³/mol. The van der Waals surface area contributed by atoms with Crippen molar-refractivity contribution in [2.45, 2.75) is 13.2 Å². The van der Waals surface area contributed by atoms with E-state index < -0.39 is 0 Å². The molecule has 36 heavy (non-hydrogen) atoms. The molecular weight excluding hydrogens is 444 g/mol. The van der Waals surface area contributed by atoms with E-state index in [2.05, 4.69) is 24.3 Å². The molecule has 4 aromatic carbocycles. The Hall–Kier alpha value is -4.70. The minimum Gasteiger partial charge on any atom is -0.473 e. The molecule has 0 aliphatic carbocycles. The molecule has 0 aliphatic heterocycles. The highest BCUT2D eigenvalue weighted by atomic mass is 16.5. The van der Waals surface area contributed by atoms with E-state index in [1.807, 2.05) is 109 Å². The Kier molecular flexibility index (Phi) is 7.45. The molecule has 4 heteroatoms. The van der Waals surface area contributed by atoms with E-state index in [0.29, 0.717) is 30.7 Å². The van der Waals surface area contributed by atoms with Gasteiger partial charge in [0.2, 0.25) is 11.8 Å². The SMILES string of the molecule is c1ccc(COc2ccc(N=C(c3ccccc3)c3ccccc3)c(OCc3ccccc3)n2)cc1. The minimum absolute atomic E-state index is 0.379. The van der Waals surface area contributed by atoms with Crippen LogP contribution in [0.3, 0.4) is 0 Å². The van der Waals surface area contributed by atoms with Crippen molar-refractivity contribution < 1.29 is 9.47 Å². The molecule has 0 aliphatic rings. The van der Waals surface area contributed by atoms with Crippen LogP contribution in [0.4, 0.5) is 5.69 Å². The van der Waals surface area contributed by atoms with Crippen molar-refractivity contribution in [3.05, 3.63) is 156 Å². The molecule has 0 bridgehead atoms. The Morgan fingerprint density at radius 2 is 1.00 bits per heavy atom. The van der Waals surface area contributed by atoms with E-state index in [1.165, 1.54) is 0 Å². The summed E-state index contributed by atoms with van der Waals surface area (Å²) in [6.45, 7) is 0.804. The third-order valence-corrected chi connectivity index (χ3v) is 5.59. The maximum absolute atomic E-state index is 6.19. The number of hydrogen-bond acceptors (Lipinski definition) is 4. The fourth-order valence-electron chi connectivity index (χ4n) is 3.75. The Bertz CT molecular complexity index is 1360. The molecule has 0 radical (unpaired) electrons. The van der Waals surface area contributed by atoms with Crippen molar-refractivity contribution in [3.63, 3.8) is 0 Å². The number of ether oxygens (including phenoxy) is 2. The van der Waals surface area contributed by atoms with Crippen molar-refractivity contribution in [1.29, 1.82) is 0 Å². The van der Waals surface area contributed by atoms with Gasteiger partial charge in [-0.2, -0.15) is 4.98 Å². The quantitative estimate of drug-likeness (QED) is 0.211. The number of aliphatic imine (C=N–C) groups is 1. The summed E-state index contributed by atoms with van der Waals surface area (Å²) in [5.41, 5.74) is 5.64. The molecule has 0 atom stereocenters. The van der Waals surface area contributed by atoms with Crippen molar-refractivity contribution in [3.8, 4) is 11.8 Å². The smallest absolute Gasteiger partial charge is 0.243 e. The highest BCUT2D eigenvalue weighted by Crippen LogP contribution is 2.31. The summed E-state index contributed by atoms with van der Waals surface area (Å²) in [6, 6.07) is 44.1. The highest BCUT2D eigenvalue weighted by molar-refractivity contribution is 6.14. The molecule has 176 valence electrons. The second kappa shape index (κ2) is 11.6. The van der Waals surface area contributed by atoms with Gasteiger partial charge in [0.05, 0.1) is 5.71 Å².